The Kier molecular flexibility index (Phi) is 7.98. The van der Waals surface area contributed by atoms with Gasteiger partial charge in [0.25, 0.3) is 5.91 Å². The Labute approximate surface area is 141 Å². The average Bonchev–Trinajstić information content (AvgIpc) is 2.55. The number of ether oxygens (including phenoxy) is 1. The summed E-state index contributed by atoms with van der Waals surface area (Å²) >= 11 is 0. The highest BCUT2D eigenvalue weighted by Gasteiger charge is 2.09. The van der Waals surface area contributed by atoms with Crippen molar-refractivity contribution in [2.24, 2.45) is 0 Å². The number of anilines is 1. The predicted molar refractivity (Wildman–Crippen MR) is 92.5 cm³/mol. The van der Waals surface area contributed by atoms with Crippen LogP contribution in [0, 0.1) is 13.8 Å². The summed E-state index contributed by atoms with van der Waals surface area (Å²) < 4.78 is 4.73. The van der Waals surface area contributed by atoms with Crippen LogP contribution in [0.2, 0.25) is 0 Å². The van der Waals surface area contributed by atoms with Gasteiger partial charge in [-0.25, -0.2) is 4.79 Å². The van der Waals surface area contributed by atoms with Crippen molar-refractivity contribution in [1.82, 2.24) is 5.32 Å². The molecule has 1 aromatic carbocycles. The highest BCUT2D eigenvalue weighted by Crippen LogP contribution is 2.17. The van der Waals surface area contributed by atoms with Crippen molar-refractivity contribution in [2.45, 2.75) is 20.8 Å². The lowest BCUT2D eigenvalue weighted by Gasteiger charge is -2.11. The molecule has 0 aliphatic rings. The number of rotatable bonds is 7. The van der Waals surface area contributed by atoms with E-state index >= 15 is 0 Å². The Hall–Kier alpha value is -2.89. The molecule has 6 heteroatoms. The Morgan fingerprint density at radius 1 is 1.12 bits per heavy atom. The normalized spacial score (nSPS) is 10.8. The van der Waals surface area contributed by atoms with Gasteiger partial charge in [0.15, 0.2) is 6.61 Å². The van der Waals surface area contributed by atoms with E-state index < -0.39 is 18.5 Å². The summed E-state index contributed by atoms with van der Waals surface area (Å²) in [5, 5.41) is 5.12. The lowest BCUT2D eigenvalue weighted by Crippen LogP contribution is -2.35. The first kappa shape index (κ1) is 19.2. The molecule has 1 aromatic rings. The second-order valence-electron chi connectivity index (χ2n) is 5.06. The molecule has 24 heavy (non-hydrogen) atoms. The van der Waals surface area contributed by atoms with E-state index in [1.54, 1.807) is 18.2 Å². The van der Waals surface area contributed by atoms with Crippen LogP contribution in [-0.4, -0.2) is 30.9 Å². The summed E-state index contributed by atoms with van der Waals surface area (Å²) in [5.74, 6) is -1.52. The van der Waals surface area contributed by atoms with Crippen LogP contribution >= 0.6 is 0 Å². The van der Waals surface area contributed by atoms with E-state index in [-0.39, 0.29) is 12.5 Å². The second-order valence-corrected chi connectivity index (χ2v) is 5.06. The predicted octanol–water partition coefficient (Wildman–Crippen LogP) is 2.03. The number of amides is 2. The number of esters is 1. The van der Waals surface area contributed by atoms with E-state index in [9.17, 15) is 14.4 Å². The molecule has 0 spiro atoms. The van der Waals surface area contributed by atoms with Gasteiger partial charge in [0.1, 0.15) is 0 Å². The van der Waals surface area contributed by atoms with Crippen molar-refractivity contribution >= 4 is 23.5 Å². The lowest BCUT2D eigenvalue weighted by molar-refractivity contribution is -0.143. The van der Waals surface area contributed by atoms with Gasteiger partial charge in [-0.1, -0.05) is 30.4 Å². The summed E-state index contributed by atoms with van der Waals surface area (Å²) in [5.41, 5.74) is 2.74. The fourth-order valence-electron chi connectivity index (χ4n) is 1.74. The summed E-state index contributed by atoms with van der Waals surface area (Å²) in [6.07, 6.45) is 6.14. The topological polar surface area (TPSA) is 84.5 Å². The molecule has 0 saturated heterocycles. The third-order valence-corrected chi connectivity index (χ3v) is 3.21. The van der Waals surface area contributed by atoms with Gasteiger partial charge >= 0.3 is 5.97 Å². The zero-order valence-electron chi connectivity index (χ0n) is 14.1. The third-order valence-electron chi connectivity index (χ3n) is 3.21. The van der Waals surface area contributed by atoms with Crippen molar-refractivity contribution in [1.29, 1.82) is 0 Å². The molecular weight excluding hydrogens is 308 g/mol. The van der Waals surface area contributed by atoms with Gasteiger partial charge in [-0.3, -0.25) is 9.59 Å². The maximum atomic E-state index is 11.8. The first-order valence-electron chi connectivity index (χ1n) is 7.53. The van der Waals surface area contributed by atoms with Crippen molar-refractivity contribution in [3.05, 3.63) is 53.6 Å². The standard InChI is InChI=1S/C18H22N2O4/c1-4-5-6-10-18(23)24-12-17(22)19-11-16(21)20-15-9-7-8-13(2)14(15)3/h4-10H,11-12H2,1-3H3,(H,19,22)(H,20,21). The summed E-state index contributed by atoms with van der Waals surface area (Å²) in [6, 6.07) is 5.59. The van der Waals surface area contributed by atoms with Crippen LogP contribution < -0.4 is 10.6 Å². The minimum absolute atomic E-state index is 0.196. The first-order chi connectivity index (χ1) is 11.4. The summed E-state index contributed by atoms with van der Waals surface area (Å²) in [7, 11) is 0. The monoisotopic (exact) mass is 330 g/mol. The minimum Gasteiger partial charge on any atom is -0.452 e. The number of aryl methyl sites for hydroxylation is 1. The number of carbonyl (C=O) groups excluding carboxylic acids is 3. The zero-order valence-corrected chi connectivity index (χ0v) is 14.1. The van der Waals surface area contributed by atoms with Gasteiger partial charge in [0.05, 0.1) is 6.54 Å². The maximum Gasteiger partial charge on any atom is 0.331 e. The van der Waals surface area contributed by atoms with Gasteiger partial charge in [-0.05, 0) is 38.0 Å². The molecule has 0 aliphatic heterocycles. The van der Waals surface area contributed by atoms with Crippen LogP contribution in [0.5, 0.6) is 0 Å². The lowest BCUT2D eigenvalue weighted by atomic mass is 10.1. The number of hydrogen-bond acceptors (Lipinski definition) is 4. The Morgan fingerprint density at radius 2 is 1.88 bits per heavy atom. The molecule has 128 valence electrons. The summed E-state index contributed by atoms with van der Waals surface area (Å²) in [6.45, 7) is 5.04. The van der Waals surface area contributed by atoms with Crippen LogP contribution in [0.1, 0.15) is 18.1 Å². The highest BCUT2D eigenvalue weighted by molar-refractivity contribution is 5.95. The molecule has 0 aromatic heterocycles. The van der Waals surface area contributed by atoms with Crippen LogP contribution in [0.15, 0.2) is 42.5 Å². The van der Waals surface area contributed by atoms with Gasteiger partial charge in [-0.2, -0.15) is 0 Å². The van der Waals surface area contributed by atoms with E-state index in [4.69, 9.17) is 4.74 Å². The van der Waals surface area contributed by atoms with Crippen molar-refractivity contribution < 1.29 is 19.1 Å². The van der Waals surface area contributed by atoms with Crippen LogP contribution in [0.25, 0.3) is 0 Å². The smallest absolute Gasteiger partial charge is 0.331 e. The number of benzene rings is 1. The van der Waals surface area contributed by atoms with Gasteiger partial charge < -0.3 is 15.4 Å². The van der Waals surface area contributed by atoms with Crippen molar-refractivity contribution in [3.8, 4) is 0 Å². The van der Waals surface area contributed by atoms with Crippen LogP contribution in [-0.2, 0) is 19.1 Å². The molecule has 0 aliphatic carbocycles. The molecule has 0 unspecified atom stereocenters. The quantitative estimate of drug-likeness (QED) is 0.455. The molecule has 0 atom stereocenters. The Morgan fingerprint density at radius 3 is 2.58 bits per heavy atom. The van der Waals surface area contributed by atoms with E-state index in [0.29, 0.717) is 5.69 Å². The molecule has 0 heterocycles. The Bertz CT molecular complexity index is 663. The number of nitrogens with one attached hydrogen (secondary N) is 2. The summed E-state index contributed by atoms with van der Waals surface area (Å²) in [4.78, 5) is 34.7. The number of hydrogen-bond donors (Lipinski definition) is 2. The van der Waals surface area contributed by atoms with Crippen molar-refractivity contribution in [3.63, 3.8) is 0 Å². The van der Waals surface area contributed by atoms with E-state index in [1.807, 2.05) is 32.9 Å². The van der Waals surface area contributed by atoms with Gasteiger partial charge in [-0.15, -0.1) is 0 Å². The molecule has 0 bridgehead atoms. The third kappa shape index (κ3) is 6.91. The van der Waals surface area contributed by atoms with E-state index in [2.05, 4.69) is 10.6 Å². The SMILES string of the molecule is CC=CC=CC(=O)OCC(=O)NCC(=O)Nc1cccc(C)c1C. The molecule has 0 radical (unpaired) electrons. The molecule has 0 fully saturated rings. The Balaban J connectivity index is 2.35. The molecule has 0 saturated carbocycles. The average molecular weight is 330 g/mol. The fraction of sp³-hybridized carbons (Fsp3) is 0.278. The molecule has 2 amide bonds. The minimum atomic E-state index is -0.622. The second kappa shape index (κ2) is 9.99. The maximum absolute atomic E-state index is 11.8. The molecular formula is C18H22N2O4. The zero-order chi connectivity index (χ0) is 17.9. The fourth-order valence-corrected chi connectivity index (χ4v) is 1.74. The van der Waals surface area contributed by atoms with Gasteiger partial charge in [0, 0.05) is 11.8 Å². The van der Waals surface area contributed by atoms with Gasteiger partial charge in [0.2, 0.25) is 5.91 Å². The van der Waals surface area contributed by atoms with Crippen LogP contribution in [0.4, 0.5) is 5.69 Å². The molecule has 2 N–H and O–H groups in total. The molecule has 6 nitrogen and oxygen atoms in total. The number of allylic oxidation sites excluding steroid dienone is 3. The first-order valence-corrected chi connectivity index (χ1v) is 7.53. The molecule has 1 rings (SSSR count). The van der Waals surface area contributed by atoms with E-state index in [0.717, 1.165) is 11.1 Å². The van der Waals surface area contributed by atoms with Crippen LogP contribution in [0.3, 0.4) is 0 Å². The highest BCUT2D eigenvalue weighted by atomic mass is 16.5. The van der Waals surface area contributed by atoms with Crippen molar-refractivity contribution in [2.75, 3.05) is 18.5 Å². The van der Waals surface area contributed by atoms with E-state index in [1.165, 1.54) is 12.2 Å². The largest absolute Gasteiger partial charge is 0.452 e. The number of carbonyl (C=O) groups is 3.